The summed E-state index contributed by atoms with van der Waals surface area (Å²) in [6.07, 6.45) is 5.40. The van der Waals surface area contributed by atoms with Crippen molar-refractivity contribution < 1.29 is 14.3 Å². The molecule has 1 saturated heterocycles. The predicted molar refractivity (Wildman–Crippen MR) is 105 cm³/mol. The first-order valence-electron chi connectivity index (χ1n) is 9.27. The maximum absolute atomic E-state index is 13.3. The number of rotatable bonds is 3. The van der Waals surface area contributed by atoms with Gasteiger partial charge in [-0.05, 0) is 37.5 Å². The molecule has 0 saturated carbocycles. The Balaban J connectivity index is 1.81. The second kappa shape index (κ2) is 7.27. The number of carbonyl (C=O) groups is 2. The Morgan fingerprint density at radius 2 is 1.63 bits per heavy atom. The Morgan fingerprint density at radius 1 is 0.889 bits per heavy atom. The Bertz CT molecular complexity index is 913. The first-order chi connectivity index (χ1) is 13.2. The highest BCUT2D eigenvalue weighted by molar-refractivity contribution is 6.41. The van der Waals surface area contributed by atoms with Gasteiger partial charge in [-0.15, -0.1) is 0 Å². The standard InChI is InChI=1S/C22H22N2O3/c1-27-17-9-7-8-16(14-17)24-21(25)19-11-4-3-10-18(19)20(22(24)26)15-23-12-5-2-6-13-23/h3-4,7-11,14-15H,2,5-6,12-13H2,1H3. The summed E-state index contributed by atoms with van der Waals surface area (Å²) in [5, 5.41) is 0. The van der Waals surface area contributed by atoms with E-state index in [1.165, 1.54) is 11.3 Å². The minimum absolute atomic E-state index is 0.294. The third-order valence-corrected chi connectivity index (χ3v) is 5.10. The van der Waals surface area contributed by atoms with Crippen molar-refractivity contribution in [1.29, 1.82) is 0 Å². The highest BCUT2D eigenvalue weighted by Crippen LogP contribution is 2.33. The van der Waals surface area contributed by atoms with E-state index in [4.69, 9.17) is 4.74 Å². The van der Waals surface area contributed by atoms with E-state index in [0.29, 0.717) is 28.1 Å². The van der Waals surface area contributed by atoms with E-state index in [2.05, 4.69) is 4.90 Å². The molecule has 2 heterocycles. The molecule has 5 nitrogen and oxygen atoms in total. The molecule has 0 spiro atoms. The summed E-state index contributed by atoms with van der Waals surface area (Å²) in [5.74, 6) is 0.00527. The van der Waals surface area contributed by atoms with Gasteiger partial charge in [0, 0.05) is 36.5 Å². The second-order valence-corrected chi connectivity index (χ2v) is 6.83. The molecule has 27 heavy (non-hydrogen) atoms. The molecule has 2 aliphatic rings. The summed E-state index contributed by atoms with van der Waals surface area (Å²) in [7, 11) is 1.57. The van der Waals surface area contributed by atoms with Gasteiger partial charge in [0.25, 0.3) is 11.8 Å². The zero-order valence-corrected chi connectivity index (χ0v) is 15.4. The third kappa shape index (κ3) is 3.21. The molecule has 0 N–H and O–H groups in total. The molecular weight excluding hydrogens is 340 g/mol. The van der Waals surface area contributed by atoms with Crippen LogP contribution < -0.4 is 9.64 Å². The molecule has 0 aliphatic carbocycles. The molecule has 2 amide bonds. The van der Waals surface area contributed by atoms with Crippen LogP contribution in [0.3, 0.4) is 0 Å². The van der Waals surface area contributed by atoms with Gasteiger partial charge in [0.1, 0.15) is 5.75 Å². The highest BCUT2D eigenvalue weighted by Gasteiger charge is 2.36. The molecular formula is C22H22N2O3. The smallest absolute Gasteiger partial charge is 0.267 e. The normalized spacial score (nSPS) is 18.6. The van der Waals surface area contributed by atoms with E-state index < -0.39 is 0 Å². The summed E-state index contributed by atoms with van der Waals surface area (Å²) in [6, 6.07) is 14.4. The van der Waals surface area contributed by atoms with Crippen LogP contribution >= 0.6 is 0 Å². The highest BCUT2D eigenvalue weighted by atomic mass is 16.5. The van der Waals surface area contributed by atoms with Crippen molar-refractivity contribution in [3.8, 4) is 5.75 Å². The van der Waals surface area contributed by atoms with Crippen LogP contribution in [-0.2, 0) is 4.79 Å². The van der Waals surface area contributed by atoms with Crippen molar-refractivity contribution in [2.75, 3.05) is 25.1 Å². The lowest BCUT2D eigenvalue weighted by Gasteiger charge is -2.31. The maximum Gasteiger partial charge on any atom is 0.267 e. The number of benzene rings is 2. The minimum atomic E-state index is -0.306. The monoisotopic (exact) mass is 362 g/mol. The van der Waals surface area contributed by atoms with Crippen molar-refractivity contribution in [2.45, 2.75) is 19.3 Å². The molecule has 2 aromatic carbocycles. The number of ether oxygens (including phenoxy) is 1. The molecule has 0 atom stereocenters. The summed E-state index contributed by atoms with van der Waals surface area (Å²) >= 11 is 0. The SMILES string of the molecule is COc1cccc(N2C(=O)C(=CN3CCCCC3)c3ccccc3C2=O)c1. The van der Waals surface area contributed by atoms with E-state index in [1.807, 2.05) is 24.4 Å². The van der Waals surface area contributed by atoms with Crippen LogP contribution in [0.25, 0.3) is 5.57 Å². The Hall–Kier alpha value is -3.08. The van der Waals surface area contributed by atoms with Crippen molar-refractivity contribution in [3.05, 3.63) is 65.9 Å². The number of imide groups is 1. The van der Waals surface area contributed by atoms with Gasteiger partial charge in [-0.3, -0.25) is 9.59 Å². The van der Waals surface area contributed by atoms with Crippen molar-refractivity contribution in [1.82, 2.24) is 4.90 Å². The lowest BCUT2D eigenvalue weighted by molar-refractivity contribution is -0.112. The number of likely N-dealkylation sites (tertiary alicyclic amines) is 1. The number of carbonyl (C=O) groups excluding carboxylic acids is 2. The fourth-order valence-electron chi connectivity index (χ4n) is 3.69. The van der Waals surface area contributed by atoms with Crippen molar-refractivity contribution in [2.24, 2.45) is 0 Å². The van der Waals surface area contributed by atoms with Crippen LogP contribution in [0.15, 0.2) is 54.7 Å². The van der Waals surface area contributed by atoms with Gasteiger partial charge < -0.3 is 9.64 Å². The number of amides is 2. The van der Waals surface area contributed by atoms with Gasteiger partial charge in [0.15, 0.2) is 0 Å². The summed E-state index contributed by atoms with van der Waals surface area (Å²) < 4.78 is 5.26. The van der Waals surface area contributed by atoms with Crippen molar-refractivity contribution >= 4 is 23.1 Å². The summed E-state index contributed by atoms with van der Waals surface area (Å²) in [6.45, 7) is 1.87. The first kappa shape index (κ1) is 17.3. The van der Waals surface area contributed by atoms with Crippen LogP contribution in [0, 0.1) is 0 Å². The average Bonchev–Trinajstić information content (AvgIpc) is 2.72. The molecule has 2 aromatic rings. The van der Waals surface area contributed by atoms with Crippen LogP contribution in [-0.4, -0.2) is 36.9 Å². The number of fused-ring (bicyclic) bond motifs is 1. The molecule has 4 rings (SSSR count). The molecule has 2 aliphatic heterocycles. The van der Waals surface area contributed by atoms with Crippen molar-refractivity contribution in [3.63, 3.8) is 0 Å². The zero-order valence-electron chi connectivity index (χ0n) is 15.4. The average molecular weight is 362 g/mol. The lowest BCUT2D eigenvalue weighted by Crippen LogP contribution is -2.42. The number of hydrogen-bond acceptors (Lipinski definition) is 4. The number of nitrogens with zero attached hydrogens (tertiary/aromatic N) is 2. The molecule has 1 fully saturated rings. The quantitative estimate of drug-likeness (QED) is 0.617. The fraction of sp³-hybridized carbons (Fsp3) is 0.273. The topological polar surface area (TPSA) is 49.9 Å². The second-order valence-electron chi connectivity index (χ2n) is 6.83. The number of hydrogen-bond donors (Lipinski definition) is 0. The van der Waals surface area contributed by atoms with E-state index >= 15 is 0 Å². The van der Waals surface area contributed by atoms with Crippen LogP contribution in [0.1, 0.15) is 35.2 Å². The third-order valence-electron chi connectivity index (χ3n) is 5.10. The van der Waals surface area contributed by atoms with E-state index in [0.717, 1.165) is 25.9 Å². The van der Waals surface area contributed by atoms with Gasteiger partial charge in [0.05, 0.1) is 18.4 Å². The molecule has 0 unspecified atom stereocenters. The van der Waals surface area contributed by atoms with E-state index in [9.17, 15) is 9.59 Å². The Kier molecular flexibility index (Phi) is 4.67. The predicted octanol–water partition coefficient (Wildman–Crippen LogP) is 3.71. The van der Waals surface area contributed by atoms with Gasteiger partial charge >= 0.3 is 0 Å². The number of anilines is 1. The number of methoxy groups -OCH3 is 1. The molecule has 0 radical (unpaired) electrons. The first-order valence-corrected chi connectivity index (χ1v) is 9.27. The van der Waals surface area contributed by atoms with Crippen LogP contribution in [0.2, 0.25) is 0 Å². The van der Waals surface area contributed by atoms with Gasteiger partial charge in [-0.25, -0.2) is 4.90 Å². The largest absolute Gasteiger partial charge is 0.497 e. The molecule has 0 aromatic heterocycles. The Morgan fingerprint density at radius 3 is 2.37 bits per heavy atom. The molecule has 0 bridgehead atoms. The van der Waals surface area contributed by atoms with Gasteiger partial charge in [0.2, 0.25) is 0 Å². The van der Waals surface area contributed by atoms with Crippen LogP contribution in [0.5, 0.6) is 5.75 Å². The summed E-state index contributed by atoms with van der Waals surface area (Å²) in [4.78, 5) is 29.9. The molecule has 138 valence electrons. The van der Waals surface area contributed by atoms with Crippen LogP contribution in [0.4, 0.5) is 5.69 Å². The van der Waals surface area contributed by atoms with E-state index in [-0.39, 0.29) is 11.8 Å². The molecule has 5 heteroatoms. The maximum atomic E-state index is 13.3. The fourth-order valence-corrected chi connectivity index (χ4v) is 3.69. The zero-order chi connectivity index (χ0) is 18.8. The van der Waals surface area contributed by atoms with Gasteiger partial charge in [-0.2, -0.15) is 0 Å². The van der Waals surface area contributed by atoms with E-state index in [1.54, 1.807) is 37.4 Å². The summed E-state index contributed by atoms with van der Waals surface area (Å²) in [5.41, 5.74) is 2.33. The minimum Gasteiger partial charge on any atom is -0.497 e. The Labute approximate surface area is 158 Å². The lowest BCUT2D eigenvalue weighted by atomic mass is 9.93. The number of piperidine rings is 1. The van der Waals surface area contributed by atoms with Gasteiger partial charge in [-0.1, -0.05) is 24.3 Å².